The Morgan fingerprint density at radius 1 is 0.667 bits per heavy atom. The second-order valence-corrected chi connectivity index (χ2v) is 6.62. The number of nitrogens with zero attached hydrogens (tertiary/aromatic N) is 1. The number of rotatable bonds is 7. The van der Waals surface area contributed by atoms with E-state index in [0.717, 1.165) is 22.7 Å². The van der Waals surface area contributed by atoms with Gasteiger partial charge in [0.05, 0.1) is 5.69 Å². The molecule has 0 aliphatic carbocycles. The zero-order valence-electron chi connectivity index (χ0n) is 16.2. The lowest BCUT2D eigenvalue weighted by Crippen LogP contribution is -1.98. The van der Waals surface area contributed by atoms with E-state index in [1.54, 1.807) is 24.4 Å². The molecule has 0 radical (unpaired) electrons. The lowest BCUT2D eigenvalue weighted by atomic mass is 10.2. The van der Waals surface area contributed by atoms with E-state index < -0.39 is 0 Å². The van der Waals surface area contributed by atoms with Crippen molar-refractivity contribution in [2.75, 3.05) is 0 Å². The van der Waals surface area contributed by atoms with E-state index in [1.165, 1.54) is 6.07 Å². The average Bonchev–Trinajstić information content (AvgIpc) is 2.79. The maximum absolute atomic E-state index is 13.6. The summed E-state index contributed by atoms with van der Waals surface area (Å²) in [6.45, 7) is 0.192. The van der Waals surface area contributed by atoms with Gasteiger partial charge in [0.15, 0.2) is 0 Å². The van der Waals surface area contributed by atoms with Gasteiger partial charge in [0.2, 0.25) is 0 Å². The van der Waals surface area contributed by atoms with Gasteiger partial charge in [-0.2, -0.15) is 0 Å². The minimum absolute atomic E-state index is 0.192. The van der Waals surface area contributed by atoms with Crippen LogP contribution in [0.15, 0.2) is 108 Å². The van der Waals surface area contributed by atoms with Crippen molar-refractivity contribution in [1.82, 2.24) is 0 Å². The Kier molecular flexibility index (Phi) is 6.16. The first-order chi connectivity index (χ1) is 14.8. The first-order valence-corrected chi connectivity index (χ1v) is 9.59. The molecule has 148 valence electrons. The Morgan fingerprint density at radius 3 is 2.03 bits per heavy atom. The molecule has 4 aromatic carbocycles. The summed E-state index contributed by atoms with van der Waals surface area (Å²) < 4.78 is 25.1. The van der Waals surface area contributed by atoms with E-state index >= 15 is 0 Å². The standard InChI is InChI=1S/C26H20FNO2/c27-26-9-5-4-6-21(26)19-29-23-14-10-20(11-15-23)18-28-22-12-16-25(17-13-22)30-24-7-2-1-3-8-24/h1-18H,19H2. The van der Waals surface area contributed by atoms with Crippen LogP contribution in [0.4, 0.5) is 10.1 Å². The van der Waals surface area contributed by atoms with Gasteiger partial charge < -0.3 is 9.47 Å². The van der Waals surface area contributed by atoms with Gasteiger partial charge >= 0.3 is 0 Å². The highest BCUT2D eigenvalue weighted by Gasteiger charge is 2.02. The summed E-state index contributed by atoms with van der Waals surface area (Å²) in [6, 6.07) is 31.3. The van der Waals surface area contributed by atoms with Crippen molar-refractivity contribution in [2.45, 2.75) is 6.61 Å². The van der Waals surface area contributed by atoms with Gasteiger partial charge in [-0.15, -0.1) is 0 Å². The molecule has 0 bridgehead atoms. The molecule has 4 heteroatoms. The SMILES string of the molecule is Fc1ccccc1COc1ccc(C=Nc2ccc(Oc3ccccc3)cc2)cc1. The molecule has 4 aromatic rings. The molecule has 0 aliphatic heterocycles. The topological polar surface area (TPSA) is 30.8 Å². The van der Waals surface area contributed by atoms with Gasteiger partial charge in [0, 0.05) is 11.8 Å². The predicted molar refractivity (Wildman–Crippen MR) is 117 cm³/mol. The first-order valence-electron chi connectivity index (χ1n) is 9.59. The molecule has 0 fully saturated rings. The summed E-state index contributed by atoms with van der Waals surface area (Å²) in [4.78, 5) is 4.49. The summed E-state index contributed by atoms with van der Waals surface area (Å²) in [6.07, 6.45) is 1.79. The maximum atomic E-state index is 13.6. The number of aliphatic imine (C=N–C) groups is 1. The number of benzene rings is 4. The predicted octanol–water partition coefficient (Wildman–Crippen LogP) is 6.95. The smallest absolute Gasteiger partial charge is 0.129 e. The van der Waals surface area contributed by atoms with Crippen molar-refractivity contribution in [3.8, 4) is 17.2 Å². The monoisotopic (exact) mass is 397 g/mol. The molecule has 3 nitrogen and oxygen atoms in total. The Balaban J connectivity index is 1.33. The number of hydrogen-bond donors (Lipinski definition) is 0. The molecule has 0 spiro atoms. The molecular weight excluding hydrogens is 377 g/mol. The normalized spacial score (nSPS) is 10.8. The number of halogens is 1. The highest BCUT2D eigenvalue weighted by atomic mass is 19.1. The summed E-state index contributed by atoms with van der Waals surface area (Å²) >= 11 is 0. The third-order valence-electron chi connectivity index (χ3n) is 4.41. The van der Waals surface area contributed by atoms with Crippen LogP contribution in [0, 0.1) is 5.82 Å². The molecule has 0 aliphatic rings. The van der Waals surface area contributed by atoms with Gasteiger partial charge in [-0.1, -0.05) is 36.4 Å². The van der Waals surface area contributed by atoms with Gasteiger partial charge in [-0.3, -0.25) is 4.99 Å². The summed E-state index contributed by atoms with van der Waals surface area (Å²) in [7, 11) is 0. The van der Waals surface area contributed by atoms with Crippen molar-refractivity contribution < 1.29 is 13.9 Å². The molecule has 0 atom stereocenters. The van der Waals surface area contributed by atoms with E-state index in [0.29, 0.717) is 11.3 Å². The van der Waals surface area contributed by atoms with E-state index in [2.05, 4.69) is 4.99 Å². The quantitative estimate of drug-likeness (QED) is 0.316. The molecule has 0 aromatic heterocycles. The Bertz CT molecular complexity index is 1110. The number of hydrogen-bond acceptors (Lipinski definition) is 3. The second-order valence-electron chi connectivity index (χ2n) is 6.62. The van der Waals surface area contributed by atoms with Crippen LogP contribution in [-0.4, -0.2) is 6.21 Å². The van der Waals surface area contributed by atoms with Crippen molar-refractivity contribution >= 4 is 11.9 Å². The van der Waals surface area contributed by atoms with Crippen LogP contribution in [0.3, 0.4) is 0 Å². The van der Waals surface area contributed by atoms with Crippen molar-refractivity contribution in [2.24, 2.45) is 4.99 Å². The van der Waals surface area contributed by atoms with Crippen molar-refractivity contribution in [3.63, 3.8) is 0 Å². The number of para-hydroxylation sites is 1. The highest BCUT2D eigenvalue weighted by molar-refractivity contribution is 5.82. The van der Waals surface area contributed by atoms with Crippen LogP contribution >= 0.6 is 0 Å². The van der Waals surface area contributed by atoms with Gasteiger partial charge in [0.25, 0.3) is 0 Å². The molecule has 0 heterocycles. The molecule has 0 saturated heterocycles. The minimum atomic E-state index is -0.263. The van der Waals surface area contributed by atoms with Crippen LogP contribution in [0.2, 0.25) is 0 Å². The highest BCUT2D eigenvalue weighted by Crippen LogP contribution is 2.24. The Hall–Kier alpha value is -3.92. The van der Waals surface area contributed by atoms with Crippen LogP contribution in [0.25, 0.3) is 0 Å². The minimum Gasteiger partial charge on any atom is -0.489 e. The lowest BCUT2D eigenvalue weighted by molar-refractivity contribution is 0.300. The molecule has 30 heavy (non-hydrogen) atoms. The molecule has 0 unspecified atom stereocenters. The maximum Gasteiger partial charge on any atom is 0.129 e. The third-order valence-corrected chi connectivity index (χ3v) is 4.41. The van der Waals surface area contributed by atoms with E-state index in [-0.39, 0.29) is 12.4 Å². The zero-order chi connectivity index (χ0) is 20.6. The largest absolute Gasteiger partial charge is 0.489 e. The molecule has 0 N–H and O–H groups in total. The van der Waals surface area contributed by atoms with E-state index in [9.17, 15) is 4.39 Å². The molecular formula is C26H20FNO2. The molecule has 0 saturated carbocycles. The van der Waals surface area contributed by atoms with E-state index in [4.69, 9.17) is 9.47 Å². The van der Waals surface area contributed by atoms with Crippen molar-refractivity contribution in [3.05, 3.63) is 120 Å². The zero-order valence-corrected chi connectivity index (χ0v) is 16.2. The van der Waals surface area contributed by atoms with Crippen LogP contribution in [-0.2, 0) is 6.61 Å². The van der Waals surface area contributed by atoms with Crippen molar-refractivity contribution in [1.29, 1.82) is 0 Å². The van der Waals surface area contributed by atoms with Crippen LogP contribution in [0.1, 0.15) is 11.1 Å². The summed E-state index contributed by atoms with van der Waals surface area (Å²) in [5.74, 6) is 1.97. The third kappa shape index (κ3) is 5.32. The van der Waals surface area contributed by atoms with Gasteiger partial charge in [-0.25, -0.2) is 4.39 Å². The Morgan fingerprint density at radius 2 is 1.30 bits per heavy atom. The van der Waals surface area contributed by atoms with Crippen LogP contribution in [0.5, 0.6) is 17.2 Å². The summed E-state index contributed by atoms with van der Waals surface area (Å²) in [5, 5.41) is 0. The van der Waals surface area contributed by atoms with Crippen LogP contribution < -0.4 is 9.47 Å². The molecule has 4 rings (SSSR count). The van der Waals surface area contributed by atoms with Gasteiger partial charge in [0.1, 0.15) is 29.7 Å². The second kappa shape index (κ2) is 9.52. The fourth-order valence-electron chi connectivity index (χ4n) is 2.80. The summed E-state index contributed by atoms with van der Waals surface area (Å²) in [5.41, 5.74) is 2.30. The van der Waals surface area contributed by atoms with Gasteiger partial charge in [-0.05, 0) is 72.3 Å². The average molecular weight is 397 g/mol. The number of ether oxygens (including phenoxy) is 2. The first kappa shape index (κ1) is 19.4. The fourth-order valence-corrected chi connectivity index (χ4v) is 2.80. The fraction of sp³-hybridized carbons (Fsp3) is 0.0385. The lowest BCUT2D eigenvalue weighted by Gasteiger charge is -2.07. The Labute approximate surface area is 175 Å². The van der Waals surface area contributed by atoms with E-state index in [1.807, 2.05) is 78.9 Å². The molecule has 0 amide bonds.